The van der Waals surface area contributed by atoms with Gasteiger partial charge in [0.2, 0.25) is 0 Å². The van der Waals surface area contributed by atoms with Crippen LogP contribution < -0.4 is 5.73 Å². The molecule has 0 bridgehead atoms. The van der Waals surface area contributed by atoms with Crippen LogP contribution in [0.15, 0.2) is 35.1 Å². The smallest absolute Gasteiger partial charge is 0.383 e. The topological polar surface area (TPSA) is 51.8 Å². The molecule has 0 saturated heterocycles. The first-order chi connectivity index (χ1) is 8.39. The van der Waals surface area contributed by atoms with Crippen LogP contribution in [0, 0.1) is 0 Å². The minimum atomic E-state index is -4.50. The summed E-state index contributed by atoms with van der Waals surface area (Å²) in [5, 5.41) is 0. The Kier molecular flexibility index (Phi) is 3.25. The van der Waals surface area contributed by atoms with Crippen molar-refractivity contribution >= 4 is 21.7 Å². The lowest BCUT2D eigenvalue weighted by Crippen LogP contribution is -2.10. The Morgan fingerprint density at radius 2 is 1.89 bits per heavy atom. The van der Waals surface area contributed by atoms with Crippen LogP contribution in [0.2, 0.25) is 0 Å². The highest BCUT2D eigenvalue weighted by Gasteiger charge is 2.35. The van der Waals surface area contributed by atoms with E-state index in [1.807, 2.05) is 0 Å². The number of aromatic nitrogens is 2. The van der Waals surface area contributed by atoms with Crippen molar-refractivity contribution in [1.82, 2.24) is 9.97 Å². The SMILES string of the molecule is Nc1nccc(C(F)(F)F)c1-c1cccc(Br)n1. The van der Waals surface area contributed by atoms with E-state index in [4.69, 9.17) is 5.73 Å². The summed E-state index contributed by atoms with van der Waals surface area (Å²) in [5.41, 5.74) is 4.61. The molecule has 0 unspecified atom stereocenters. The number of alkyl halides is 3. The highest BCUT2D eigenvalue weighted by molar-refractivity contribution is 9.10. The van der Waals surface area contributed by atoms with Crippen molar-refractivity contribution < 1.29 is 13.2 Å². The van der Waals surface area contributed by atoms with E-state index in [9.17, 15) is 13.2 Å². The largest absolute Gasteiger partial charge is 0.417 e. The Morgan fingerprint density at radius 3 is 2.50 bits per heavy atom. The lowest BCUT2D eigenvalue weighted by molar-refractivity contribution is -0.137. The molecular formula is C11H7BrF3N3. The van der Waals surface area contributed by atoms with Crippen LogP contribution in [-0.2, 0) is 6.18 Å². The molecular weight excluding hydrogens is 311 g/mol. The molecule has 2 heterocycles. The summed E-state index contributed by atoms with van der Waals surface area (Å²) in [6.45, 7) is 0. The van der Waals surface area contributed by atoms with Gasteiger partial charge in [-0.1, -0.05) is 6.07 Å². The van der Waals surface area contributed by atoms with Crippen LogP contribution in [0.5, 0.6) is 0 Å². The van der Waals surface area contributed by atoms with E-state index < -0.39 is 11.7 Å². The Labute approximate surface area is 109 Å². The second-order valence-corrected chi connectivity index (χ2v) is 4.27. The van der Waals surface area contributed by atoms with Crippen molar-refractivity contribution in [1.29, 1.82) is 0 Å². The zero-order valence-corrected chi connectivity index (χ0v) is 10.5. The first kappa shape index (κ1) is 12.8. The first-order valence-corrected chi connectivity index (χ1v) is 5.63. The van der Waals surface area contributed by atoms with Gasteiger partial charge in [0.05, 0.1) is 16.8 Å². The lowest BCUT2D eigenvalue weighted by Gasteiger charge is -2.13. The fourth-order valence-corrected chi connectivity index (χ4v) is 1.87. The van der Waals surface area contributed by atoms with Crippen molar-refractivity contribution in [3.63, 3.8) is 0 Å². The summed E-state index contributed by atoms with van der Waals surface area (Å²) < 4.78 is 39.1. The Bertz CT molecular complexity index is 584. The van der Waals surface area contributed by atoms with Crippen molar-refractivity contribution in [2.45, 2.75) is 6.18 Å². The predicted molar refractivity (Wildman–Crippen MR) is 64.6 cm³/mol. The minimum Gasteiger partial charge on any atom is -0.383 e. The van der Waals surface area contributed by atoms with Crippen molar-refractivity contribution in [2.24, 2.45) is 0 Å². The van der Waals surface area contributed by atoms with Gasteiger partial charge in [-0.25, -0.2) is 9.97 Å². The molecule has 0 atom stereocenters. The molecule has 0 radical (unpaired) electrons. The molecule has 0 aliphatic heterocycles. The average Bonchev–Trinajstić information content (AvgIpc) is 2.27. The standard InChI is InChI=1S/C11H7BrF3N3/c12-8-3-1-2-7(18-8)9-6(11(13,14)15)4-5-17-10(9)16/h1-5H,(H2,16,17). The van der Waals surface area contributed by atoms with Crippen molar-refractivity contribution in [3.05, 3.63) is 40.6 Å². The summed E-state index contributed by atoms with van der Waals surface area (Å²) in [6, 6.07) is 5.53. The number of nitrogen functional groups attached to an aromatic ring is 1. The van der Waals surface area contributed by atoms with E-state index >= 15 is 0 Å². The molecule has 0 aliphatic rings. The highest BCUT2D eigenvalue weighted by atomic mass is 79.9. The molecule has 94 valence electrons. The summed E-state index contributed by atoms with van der Waals surface area (Å²) in [4.78, 5) is 7.66. The molecule has 0 fully saturated rings. The van der Waals surface area contributed by atoms with E-state index in [0.717, 1.165) is 12.3 Å². The first-order valence-electron chi connectivity index (χ1n) is 4.84. The number of nitrogens with two attached hydrogens (primary N) is 1. The number of anilines is 1. The average molecular weight is 318 g/mol. The zero-order valence-electron chi connectivity index (χ0n) is 8.87. The quantitative estimate of drug-likeness (QED) is 0.819. The third-order valence-corrected chi connectivity index (χ3v) is 2.70. The second kappa shape index (κ2) is 4.56. The summed E-state index contributed by atoms with van der Waals surface area (Å²) in [5.74, 6) is -0.199. The number of hydrogen-bond donors (Lipinski definition) is 1. The molecule has 0 aliphatic carbocycles. The Morgan fingerprint density at radius 1 is 1.17 bits per heavy atom. The molecule has 2 aromatic rings. The van der Waals surface area contributed by atoms with Gasteiger partial charge in [-0.2, -0.15) is 13.2 Å². The highest BCUT2D eigenvalue weighted by Crippen LogP contribution is 2.38. The number of halogens is 4. The molecule has 2 rings (SSSR count). The number of pyridine rings is 2. The molecule has 18 heavy (non-hydrogen) atoms. The minimum absolute atomic E-state index is 0.127. The molecule has 0 amide bonds. The normalized spacial score (nSPS) is 11.6. The molecule has 0 aromatic carbocycles. The van der Waals surface area contributed by atoms with Crippen LogP contribution in [0.3, 0.4) is 0 Å². The molecule has 0 spiro atoms. The predicted octanol–water partition coefficient (Wildman–Crippen LogP) is 3.51. The third-order valence-electron chi connectivity index (χ3n) is 2.26. The van der Waals surface area contributed by atoms with Crippen LogP contribution in [0.25, 0.3) is 11.3 Å². The van der Waals surface area contributed by atoms with Gasteiger partial charge in [0.25, 0.3) is 0 Å². The molecule has 7 heteroatoms. The van der Waals surface area contributed by atoms with Crippen LogP contribution in [-0.4, -0.2) is 9.97 Å². The maximum atomic E-state index is 12.9. The molecule has 2 aromatic heterocycles. The number of rotatable bonds is 1. The van der Waals surface area contributed by atoms with Gasteiger partial charge in [-0.15, -0.1) is 0 Å². The van der Waals surface area contributed by atoms with Gasteiger partial charge in [-0.3, -0.25) is 0 Å². The number of hydrogen-bond acceptors (Lipinski definition) is 3. The zero-order chi connectivity index (χ0) is 13.3. The van der Waals surface area contributed by atoms with E-state index in [2.05, 4.69) is 25.9 Å². The van der Waals surface area contributed by atoms with Crippen LogP contribution >= 0.6 is 15.9 Å². The Hall–Kier alpha value is -1.63. The van der Waals surface area contributed by atoms with E-state index in [0.29, 0.717) is 4.60 Å². The van der Waals surface area contributed by atoms with Crippen molar-refractivity contribution in [2.75, 3.05) is 5.73 Å². The molecule has 3 nitrogen and oxygen atoms in total. The van der Waals surface area contributed by atoms with Gasteiger partial charge in [0.1, 0.15) is 10.4 Å². The van der Waals surface area contributed by atoms with E-state index in [1.165, 1.54) is 6.07 Å². The van der Waals surface area contributed by atoms with Gasteiger partial charge >= 0.3 is 6.18 Å². The molecule has 0 saturated carbocycles. The van der Waals surface area contributed by atoms with E-state index in [-0.39, 0.29) is 17.1 Å². The summed E-state index contributed by atoms with van der Waals surface area (Å²) in [7, 11) is 0. The maximum Gasteiger partial charge on any atom is 0.417 e. The second-order valence-electron chi connectivity index (χ2n) is 3.46. The fourth-order valence-electron chi connectivity index (χ4n) is 1.53. The number of nitrogens with zero attached hydrogens (tertiary/aromatic N) is 2. The van der Waals surface area contributed by atoms with Crippen LogP contribution in [0.4, 0.5) is 19.0 Å². The van der Waals surface area contributed by atoms with Gasteiger partial charge < -0.3 is 5.73 Å². The maximum absolute atomic E-state index is 12.9. The monoisotopic (exact) mass is 317 g/mol. The fraction of sp³-hybridized carbons (Fsp3) is 0.0909. The van der Waals surface area contributed by atoms with Gasteiger partial charge in [0.15, 0.2) is 0 Å². The van der Waals surface area contributed by atoms with E-state index in [1.54, 1.807) is 12.1 Å². The summed E-state index contributed by atoms with van der Waals surface area (Å²) in [6.07, 6.45) is -3.48. The van der Waals surface area contributed by atoms with Gasteiger partial charge in [-0.05, 0) is 34.1 Å². The van der Waals surface area contributed by atoms with Crippen LogP contribution in [0.1, 0.15) is 5.56 Å². The lowest BCUT2D eigenvalue weighted by atomic mass is 10.1. The third kappa shape index (κ3) is 2.45. The van der Waals surface area contributed by atoms with Gasteiger partial charge in [0, 0.05) is 6.20 Å². The van der Waals surface area contributed by atoms with Crippen molar-refractivity contribution in [3.8, 4) is 11.3 Å². The summed E-state index contributed by atoms with van der Waals surface area (Å²) >= 11 is 3.11. The molecule has 2 N–H and O–H groups in total. The Balaban J connectivity index is 2.70.